The number of nitrogens with zero attached hydrogens (tertiary/aromatic N) is 2. The van der Waals surface area contributed by atoms with Crippen molar-refractivity contribution in [2.45, 2.75) is 5.92 Å². The first-order valence-electron chi connectivity index (χ1n) is 8.05. The molecule has 7 heteroatoms. The molecular formula is C20H14N2O5. The quantitative estimate of drug-likeness (QED) is 0.364. The molecule has 0 N–H and O–H groups in total. The summed E-state index contributed by atoms with van der Waals surface area (Å²) in [5.74, 6) is -0.924. The topological polar surface area (TPSA) is 103 Å². The molecule has 0 amide bonds. The van der Waals surface area contributed by atoms with Gasteiger partial charge in [-0.05, 0) is 11.1 Å². The van der Waals surface area contributed by atoms with E-state index < -0.39 is 15.8 Å². The van der Waals surface area contributed by atoms with Gasteiger partial charge in [0.25, 0.3) is 11.4 Å². The van der Waals surface area contributed by atoms with Crippen LogP contribution in [0.1, 0.15) is 27.4 Å². The fraction of sp³-hybridized carbons (Fsp3) is 0.0500. The number of benzene rings is 3. The molecule has 134 valence electrons. The van der Waals surface area contributed by atoms with Crippen LogP contribution >= 0.6 is 0 Å². The van der Waals surface area contributed by atoms with Crippen molar-refractivity contribution in [2.75, 3.05) is 0 Å². The van der Waals surface area contributed by atoms with Crippen LogP contribution in [0.25, 0.3) is 0 Å². The lowest BCUT2D eigenvalue weighted by molar-refractivity contribution is -0.385. The molecule has 0 spiro atoms. The number of ketones is 1. The van der Waals surface area contributed by atoms with Gasteiger partial charge in [0.2, 0.25) is 0 Å². The molecular weight excluding hydrogens is 348 g/mol. The predicted molar refractivity (Wildman–Crippen MR) is 98.8 cm³/mol. The highest BCUT2D eigenvalue weighted by atomic mass is 16.6. The lowest BCUT2D eigenvalue weighted by Gasteiger charge is -2.17. The molecule has 3 aromatic rings. The molecule has 0 fully saturated rings. The number of carbonyl (C=O) groups is 1. The van der Waals surface area contributed by atoms with Crippen LogP contribution in [-0.2, 0) is 0 Å². The SMILES string of the molecule is O=C(c1ccccc1)C(c1ccc([N+](=O)[O-])cc1)c1ccc([N+](=O)[O-])cc1. The summed E-state index contributed by atoms with van der Waals surface area (Å²) in [6.45, 7) is 0. The van der Waals surface area contributed by atoms with Gasteiger partial charge < -0.3 is 0 Å². The van der Waals surface area contributed by atoms with Crippen LogP contribution in [-0.4, -0.2) is 15.6 Å². The zero-order valence-electron chi connectivity index (χ0n) is 14.0. The Kier molecular flexibility index (Phi) is 5.03. The first-order valence-corrected chi connectivity index (χ1v) is 8.05. The lowest BCUT2D eigenvalue weighted by atomic mass is 9.84. The Morgan fingerprint density at radius 3 is 1.44 bits per heavy atom. The van der Waals surface area contributed by atoms with E-state index in [0.717, 1.165) is 0 Å². The van der Waals surface area contributed by atoms with Crippen molar-refractivity contribution in [2.24, 2.45) is 0 Å². The number of carbonyl (C=O) groups excluding carboxylic acids is 1. The van der Waals surface area contributed by atoms with E-state index in [1.165, 1.54) is 48.5 Å². The van der Waals surface area contributed by atoms with Crippen LogP contribution in [0.4, 0.5) is 11.4 Å². The largest absolute Gasteiger partial charge is 0.293 e. The van der Waals surface area contributed by atoms with Crippen LogP contribution in [0.5, 0.6) is 0 Å². The number of Topliss-reactive ketones (excluding diaryl/α,β-unsaturated/α-hetero) is 1. The van der Waals surface area contributed by atoms with Crippen molar-refractivity contribution in [3.63, 3.8) is 0 Å². The Morgan fingerprint density at radius 1 is 0.667 bits per heavy atom. The van der Waals surface area contributed by atoms with E-state index in [1.807, 2.05) is 0 Å². The van der Waals surface area contributed by atoms with Crippen molar-refractivity contribution in [1.29, 1.82) is 0 Å². The smallest absolute Gasteiger partial charge is 0.269 e. The van der Waals surface area contributed by atoms with Gasteiger partial charge in [-0.15, -0.1) is 0 Å². The molecule has 0 aliphatic heterocycles. The van der Waals surface area contributed by atoms with Crippen molar-refractivity contribution >= 4 is 17.2 Å². The summed E-state index contributed by atoms with van der Waals surface area (Å²) in [7, 11) is 0. The number of non-ortho nitro benzene ring substituents is 2. The second-order valence-corrected chi connectivity index (χ2v) is 5.86. The van der Waals surface area contributed by atoms with Crippen LogP contribution in [0.2, 0.25) is 0 Å². The van der Waals surface area contributed by atoms with Gasteiger partial charge in [0.05, 0.1) is 15.8 Å². The Bertz CT molecular complexity index is 926. The third kappa shape index (κ3) is 3.87. The number of hydrogen-bond acceptors (Lipinski definition) is 5. The molecule has 0 aromatic heterocycles. The van der Waals surface area contributed by atoms with E-state index in [9.17, 15) is 25.0 Å². The summed E-state index contributed by atoms with van der Waals surface area (Å²) in [6, 6.07) is 20.1. The fourth-order valence-electron chi connectivity index (χ4n) is 2.84. The van der Waals surface area contributed by atoms with Gasteiger partial charge in [0.15, 0.2) is 5.78 Å². The van der Waals surface area contributed by atoms with Crippen molar-refractivity contribution in [3.8, 4) is 0 Å². The van der Waals surface area contributed by atoms with E-state index in [-0.39, 0.29) is 17.2 Å². The van der Waals surface area contributed by atoms with Crippen LogP contribution < -0.4 is 0 Å². The Labute approximate surface area is 154 Å². The molecule has 0 aliphatic carbocycles. The van der Waals surface area contributed by atoms with Crippen LogP contribution in [0.3, 0.4) is 0 Å². The first kappa shape index (κ1) is 17.9. The summed E-state index contributed by atoms with van der Waals surface area (Å²) in [5, 5.41) is 21.8. The molecule has 27 heavy (non-hydrogen) atoms. The van der Waals surface area contributed by atoms with Crippen LogP contribution in [0, 0.1) is 20.2 Å². The molecule has 0 saturated heterocycles. The first-order chi connectivity index (χ1) is 13.0. The molecule has 0 heterocycles. The second-order valence-electron chi connectivity index (χ2n) is 5.86. The van der Waals surface area contributed by atoms with E-state index in [4.69, 9.17) is 0 Å². The standard InChI is InChI=1S/C20H14N2O5/c23-20(16-4-2-1-3-5-16)19(14-6-10-17(11-7-14)21(24)25)15-8-12-18(13-9-15)22(26)27/h1-13,19H. The zero-order valence-corrected chi connectivity index (χ0v) is 14.0. The third-order valence-corrected chi connectivity index (χ3v) is 4.19. The molecule has 3 rings (SSSR count). The number of nitro groups is 2. The summed E-state index contributed by atoms with van der Waals surface area (Å²) >= 11 is 0. The molecule has 3 aromatic carbocycles. The second kappa shape index (κ2) is 7.57. The third-order valence-electron chi connectivity index (χ3n) is 4.19. The number of nitro benzene ring substituents is 2. The maximum Gasteiger partial charge on any atom is 0.269 e. The van der Waals surface area contributed by atoms with Gasteiger partial charge in [-0.1, -0.05) is 54.6 Å². The van der Waals surface area contributed by atoms with E-state index in [0.29, 0.717) is 16.7 Å². The maximum atomic E-state index is 13.1. The summed E-state index contributed by atoms with van der Waals surface area (Å²) in [4.78, 5) is 33.9. The highest BCUT2D eigenvalue weighted by Crippen LogP contribution is 2.31. The van der Waals surface area contributed by atoms with Gasteiger partial charge in [-0.25, -0.2) is 0 Å². The van der Waals surface area contributed by atoms with Crippen LogP contribution in [0.15, 0.2) is 78.9 Å². The Hall–Kier alpha value is -3.87. The Morgan fingerprint density at radius 2 is 1.07 bits per heavy atom. The number of hydrogen-bond donors (Lipinski definition) is 0. The molecule has 0 radical (unpaired) electrons. The molecule has 0 bridgehead atoms. The van der Waals surface area contributed by atoms with Gasteiger partial charge in [-0.3, -0.25) is 25.0 Å². The van der Waals surface area contributed by atoms with E-state index >= 15 is 0 Å². The maximum absolute atomic E-state index is 13.1. The van der Waals surface area contributed by atoms with E-state index in [2.05, 4.69) is 0 Å². The van der Waals surface area contributed by atoms with Crippen molar-refractivity contribution in [1.82, 2.24) is 0 Å². The van der Waals surface area contributed by atoms with Gasteiger partial charge in [0, 0.05) is 29.8 Å². The monoisotopic (exact) mass is 362 g/mol. The van der Waals surface area contributed by atoms with Gasteiger partial charge in [0.1, 0.15) is 0 Å². The molecule has 0 saturated carbocycles. The lowest BCUT2D eigenvalue weighted by Crippen LogP contribution is -2.14. The molecule has 7 nitrogen and oxygen atoms in total. The molecule has 0 unspecified atom stereocenters. The highest BCUT2D eigenvalue weighted by molar-refractivity contribution is 6.03. The minimum atomic E-state index is -0.728. The predicted octanol–water partition coefficient (Wildman–Crippen LogP) is 4.52. The van der Waals surface area contributed by atoms with E-state index in [1.54, 1.807) is 30.3 Å². The van der Waals surface area contributed by atoms with Crippen molar-refractivity contribution in [3.05, 3.63) is 116 Å². The normalized spacial score (nSPS) is 10.6. The average molecular weight is 362 g/mol. The minimum absolute atomic E-state index is 0.0756. The molecule has 0 atom stereocenters. The molecule has 0 aliphatic rings. The minimum Gasteiger partial charge on any atom is -0.293 e. The zero-order chi connectivity index (χ0) is 19.4. The Balaban J connectivity index is 2.07. The highest BCUT2D eigenvalue weighted by Gasteiger charge is 2.25. The summed E-state index contributed by atoms with van der Waals surface area (Å²) < 4.78 is 0. The van der Waals surface area contributed by atoms with Gasteiger partial charge in [-0.2, -0.15) is 0 Å². The number of rotatable bonds is 6. The fourth-order valence-corrected chi connectivity index (χ4v) is 2.84. The van der Waals surface area contributed by atoms with Crippen molar-refractivity contribution < 1.29 is 14.6 Å². The summed E-state index contributed by atoms with van der Waals surface area (Å²) in [6.07, 6.45) is 0. The summed E-state index contributed by atoms with van der Waals surface area (Å²) in [5.41, 5.74) is 1.48. The van der Waals surface area contributed by atoms with Gasteiger partial charge >= 0.3 is 0 Å². The average Bonchev–Trinajstić information content (AvgIpc) is 2.69.